The van der Waals surface area contributed by atoms with Crippen molar-refractivity contribution in [1.82, 2.24) is 0 Å². The fourth-order valence-electron chi connectivity index (χ4n) is 1.71. The number of nitrogens with zero attached hydrogens (tertiary/aromatic N) is 1. The highest BCUT2D eigenvalue weighted by atomic mass is 79.9. The molecule has 0 radical (unpaired) electrons. The number of hydrogen-bond acceptors (Lipinski definition) is 3. The molecule has 0 fully saturated rings. The molecule has 1 unspecified atom stereocenters. The normalized spacial score (nSPS) is 11.8. The Labute approximate surface area is 124 Å². The zero-order chi connectivity index (χ0) is 14.7. The van der Waals surface area contributed by atoms with Crippen LogP contribution < -0.4 is 4.74 Å². The van der Waals surface area contributed by atoms with Crippen molar-refractivity contribution >= 4 is 15.9 Å². The van der Waals surface area contributed by atoms with Crippen molar-refractivity contribution in [3.63, 3.8) is 0 Å². The summed E-state index contributed by atoms with van der Waals surface area (Å²) in [4.78, 5) is 0. The molecule has 3 nitrogen and oxygen atoms in total. The van der Waals surface area contributed by atoms with Crippen LogP contribution in [0.5, 0.6) is 11.5 Å². The van der Waals surface area contributed by atoms with Gasteiger partial charge in [0.15, 0.2) is 0 Å². The third-order valence-electron chi connectivity index (χ3n) is 2.71. The number of aliphatic hydroxyl groups excluding tert-OH is 1. The van der Waals surface area contributed by atoms with Gasteiger partial charge < -0.3 is 9.84 Å². The fourth-order valence-corrected chi connectivity index (χ4v) is 2.04. The highest BCUT2D eigenvalue weighted by molar-refractivity contribution is 9.10. The third kappa shape index (κ3) is 3.16. The first kappa shape index (κ1) is 14.5. The van der Waals surface area contributed by atoms with Crippen LogP contribution in [0.2, 0.25) is 0 Å². The molecule has 0 saturated carbocycles. The van der Waals surface area contributed by atoms with Gasteiger partial charge in [-0.1, -0.05) is 6.07 Å². The van der Waals surface area contributed by atoms with Gasteiger partial charge in [0.25, 0.3) is 0 Å². The zero-order valence-electron chi connectivity index (χ0n) is 10.6. The molecule has 0 aliphatic rings. The molecule has 0 heterocycles. The van der Waals surface area contributed by atoms with Gasteiger partial charge in [0.1, 0.15) is 17.3 Å². The van der Waals surface area contributed by atoms with Crippen molar-refractivity contribution in [3.8, 4) is 17.6 Å². The lowest BCUT2D eigenvalue weighted by molar-refractivity contribution is 0.195. The SMILES string of the molecule is CC(O)c1ccc(C#N)cc1Oc1cc(F)ccc1Br. The molecule has 2 rings (SSSR count). The van der Waals surface area contributed by atoms with Crippen molar-refractivity contribution in [1.29, 1.82) is 5.26 Å². The van der Waals surface area contributed by atoms with E-state index >= 15 is 0 Å². The molecule has 102 valence electrons. The molecule has 0 bridgehead atoms. The van der Waals surface area contributed by atoms with Gasteiger partial charge in [0.05, 0.1) is 22.2 Å². The monoisotopic (exact) mass is 335 g/mol. The van der Waals surface area contributed by atoms with Gasteiger partial charge in [-0.3, -0.25) is 0 Å². The second-order valence-electron chi connectivity index (χ2n) is 4.22. The molecule has 20 heavy (non-hydrogen) atoms. The molecule has 2 aromatic rings. The summed E-state index contributed by atoms with van der Waals surface area (Å²) in [6.45, 7) is 1.59. The third-order valence-corrected chi connectivity index (χ3v) is 3.36. The minimum absolute atomic E-state index is 0.280. The van der Waals surface area contributed by atoms with Crippen molar-refractivity contribution < 1.29 is 14.2 Å². The van der Waals surface area contributed by atoms with Gasteiger partial charge in [-0.2, -0.15) is 5.26 Å². The maximum absolute atomic E-state index is 13.3. The fraction of sp³-hybridized carbons (Fsp3) is 0.133. The average molecular weight is 336 g/mol. The van der Waals surface area contributed by atoms with E-state index in [0.29, 0.717) is 21.3 Å². The molecule has 0 aliphatic heterocycles. The first-order valence-electron chi connectivity index (χ1n) is 5.86. The van der Waals surface area contributed by atoms with E-state index < -0.39 is 11.9 Å². The first-order valence-corrected chi connectivity index (χ1v) is 6.65. The predicted octanol–water partition coefficient (Wildman–Crippen LogP) is 4.31. The molecular formula is C15H11BrFNO2. The second kappa shape index (κ2) is 6.04. The molecule has 1 N–H and O–H groups in total. The smallest absolute Gasteiger partial charge is 0.144 e. The Morgan fingerprint density at radius 1 is 1.25 bits per heavy atom. The van der Waals surface area contributed by atoms with E-state index in [1.165, 1.54) is 24.3 Å². The van der Waals surface area contributed by atoms with E-state index in [4.69, 9.17) is 10.00 Å². The summed E-state index contributed by atoms with van der Waals surface area (Å²) in [5, 5.41) is 18.6. The first-order chi connectivity index (χ1) is 9.51. The number of hydrogen-bond donors (Lipinski definition) is 1. The standard InChI is InChI=1S/C15H11BrFNO2/c1-9(19)12-4-2-10(8-18)6-14(12)20-15-7-11(17)3-5-13(15)16/h2-7,9,19H,1H3. The van der Waals surface area contributed by atoms with Crippen LogP contribution in [0.3, 0.4) is 0 Å². The van der Waals surface area contributed by atoms with Crippen LogP contribution in [-0.4, -0.2) is 5.11 Å². The molecule has 0 aromatic heterocycles. The molecule has 1 atom stereocenters. The number of halogens is 2. The predicted molar refractivity (Wildman–Crippen MR) is 76.0 cm³/mol. The van der Waals surface area contributed by atoms with Crippen LogP contribution in [0.15, 0.2) is 40.9 Å². The van der Waals surface area contributed by atoms with E-state index in [-0.39, 0.29) is 5.75 Å². The minimum Gasteiger partial charge on any atom is -0.456 e. The topological polar surface area (TPSA) is 53.2 Å². The summed E-state index contributed by atoms with van der Waals surface area (Å²) in [6, 6.07) is 10.8. The Balaban J connectivity index is 2.46. The van der Waals surface area contributed by atoms with Crippen LogP contribution in [0, 0.1) is 17.1 Å². The van der Waals surface area contributed by atoms with E-state index in [2.05, 4.69) is 15.9 Å². The average Bonchev–Trinajstić information content (AvgIpc) is 2.42. The summed E-state index contributed by atoms with van der Waals surface area (Å²) < 4.78 is 19.5. The maximum atomic E-state index is 13.3. The number of nitriles is 1. The van der Waals surface area contributed by atoms with Crippen LogP contribution >= 0.6 is 15.9 Å². The largest absolute Gasteiger partial charge is 0.456 e. The van der Waals surface area contributed by atoms with E-state index in [1.807, 2.05) is 6.07 Å². The van der Waals surface area contributed by atoms with Crippen LogP contribution in [-0.2, 0) is 0 Å². The summed E-state index contributed by atoms with van der Waals surface area (Å²) in [6.07, 6.45) is -0.759. The Morgan fingerprint density at radius 2 is 2.00 bits per heavy atom. The Bertz CT molecular complexity index is 680. The van der Waals surface area contributed by atoms with Crippen molar-refractivity contribution in [2.24, 2.45) is 0 Å². The summed E-state index contributed by atoms with van der Waals surface area (Å²) in [7, 11) is 0. The van der Waals surface area contributed by atoms with Gasteiger partial charge in [-0.15, -0.1) is 0 Å². The Hall–Kier alpha value is -1.90. The minimum atomic E-state index is -0.759. The number of aliphatic hydroxyl groups is 1. The molecule has 0 saturated heterocycles. The van der Waals surface area contributed by atoms with Crippen LogP contribution in [0.25, 0.3) is 0 Å². The number of benzene rings is 2. The van der Waals surface area contributed by atoms with Gasteiger partial charge in [-0.05, 0) is 47.1 Å². The molecule has 2 aromatic carbocycles. The molecule has 0 spiro atoms. The highest BCUT2D eigenvalue weighted by Gasteiger charge is 2.13. The van der Waals surface area contributed by atoms with Gasteiger partial charge >= 0.3 is 0 Å². The van der Waals surface area contributed by atoms with Gasteiger partial charge in [-0.25, -0.2) is 4.39 Å². The number of ether oxygens (including phenoxy) is 1. The van der Waals surface area contributed by atoms with Gasteiger partial charge in [0.2, 0.25) is 0 Å². The van der Waals surface area contributed by atoms with Crippen molar-refractivity contribution in [2.75, 3.05) is 0 Å². The van der Waals surface area contributed by atoms with Gasteiger partial charge in [0, 0.05) is 11.6 Å². The van der Waals surface area contributed by atoms with Crippen molar-refractivity contribution in [3.05, 3.63) is 57.8 Å². The van der Waals surface area contributed by atoms with Crippen molar-refractivity contribution in [2.45, 2.75) is 13.0 Å². The second-order valence-corrected chi connectivity index (χ2v) is 5.07. The lowest BCUT2D eigenvalue weighted by Crippen LogP contribution is -1.97. The zero-order valence-corrected chi connectivity index (χ0v) is 12.2. The molecular weight excluding hydrogens is 325 g/mol. The Morgan fingerprint density at radius 3 is 2.65 bits per heavy atom. The number of rotatable bonds is 3. The lowest BCUT2D eigenvalue weighted by Gasteiger charge is -2.14. The summed E-state index contributed by atoms with van der Waals surface area (Å²) in [5.41, 5.74) is 0.928. The molecule has 0 aliphatic carbocycles. The maximum Gasteiger partial charge on any atom is 0.144 e. The quantitative estimate of drug-likeness (QED) is 0.909. The highest BCUT2D eigenvalue weighted by Crippen LogP contribution is 2.34. The molecule has 0 amide bonds. The summed E-state index contributed by atoms with van der Waals surface area (Å²) in [5.74, 6) is 0.172. The van der Waals surface area contributed by atoms with Crippen LogP contribution in [0.4, 0.5) is 4.39 Å². The molecule has 5 heteroatoms. The van der Waals surface area contributed by atoms with E-state index in [9.17, 15) is 9.50 Å². The lowest BCUT2D eigenvalue weighted by atomic mass is 10.1. The van der Waals surface area contributed by atoms with E-state index in [0.717, 1.165) is 0 Å². The Kier molecular flexibility index (Phi) is 4.38. The summed E-state index contributed by atoms with van der Waals surface area (Å²) >= 11 is 3.27. The van der Waals surface area contributed by atoms with E-state index in [1.54, 1.807) is 19.1 Å². The van der Waals surface area contributed by atoms with Crippen LogP contribution in [0.1, 0.15) is 24.2 Å².